The Morgan fingerprint density at radius 2 is 1.54 bits per heavy atom. The maximum atomic E-state index is 13.3. The van der Waals surface area contributed by atoms with Gasteiger partial charge in [0.1, 0.15) is 23.9 Å². The minimum atomic E-state index is -0.296. The van der Waals surface area contributed by atoms with E-state index in [1.165, 1.54) is 17.4 Å². The van der Waals surface area contributed by atoms with Crippen LogP contribution in [0.2, 0.25) is 0 Å². The fourth-order valence-corrected chi connectivity index (χ4v) is 4.95. The first-order valence-electron chi connectivity index (χ1n) is 12.0. The predicted octanol–water partition coefficient (Wildman–Crippen LogP) is 4.50. The smallest absolute Gasteiger partial charge is 0.340 e. The van der Waals surface area contributed by atoms with Crippen LogP contribution >= 0.6 is 0 Å². The zero-order chi connectivity index (χ0) is 23.8. The first-order valence-corrected chi connectivity index (χ1v) is 12.0. The molecule has 7 nitrogen and oxygen atoms in total. The molecular weight excluding hydrogens is 442 g/mol. The lowest BCUT2D eigenvalue weighted by Gasteiger charge is -2.15. The van der Waals surface area contributed by atoms with Gasteiger partial charge in [-0.1, -0.05) is 18.2 Å². The molecular formula is C28H27N3O4. The van der Waals surface area contributed by atoms with Crippen LogP contribution in [-0.4, -0.2) is 45.4 Å². The van der Waals surface area contributed by atoms with Crippen LogP contribution in [-0.2, 0) is 6.42 Å². The van der Waals surface area contributed by atoms with Crippen molar-refractivity contribution in [2.24, 2.45) is 0 Å². The quantitative estimate of drug-likeness (QED) is 0.380. The summed E-state index contributed by atoms with van der Waals surface area (Å²) >= 11 is 0. The van der Waals surface area contributed by atoms with Crippen LogP contribution in [0.4, 0.5) is 0 Å². The highest BCUT2D eigenvalue weighted by molar-refractivity contribution is 5.56. The van der Waals surface area contributed by atoms with Gasteiger partial charge < -0.3 is 14.6 Å². The average molecular weight is 470 g/mol. The van der Waals surface area contributed by atoms with E-state index in [0.29, 0.717) is 30.2 Å². The molecule has 6 rings (SSSR count). The Balaban J connectivity index is 1.21. The molecule has 0 saturated carbocycles. The van der Waals surface area contributed by atoms with Crippen molar-refractivity contribution in [2.75, 3.05) is 26.2 Å². The fourth-order valence-electron chi connectivity index (χ4n) is 4.95. The lowest BCUT2D eigenvalue weighted by Crippen LogP contribution is -2.25. The normalized spacial score (nSPS) is 14.6. The second-order valence-corrected chi connectivity index (χ2v) is 9.00. The summed E-state index contributed by atoms with van der Waals surface area (Å²) in [4.78, 5) is 15.7. The van der Waals surface area contributed by atoms with Crippen LogP contribution in [0.1, 0.15) is 24.1 Å². The van der Waals surface area contributed by atoms with E-state index in [4.69, 9.17) is 9.47 Å². The van der Waals surface area contributed by atoms with Crippen molar-refractivity contribution in [3.63, 3.8) is 0 Å². The summed E-state index contributed by atoms with van der Waals surface area (Å²) in [5.41, 5.74) is 2.64. The van der Waals surface area contributed by atoms with E-state index in [0.717, 1.165) is 42.4 Å². The van der Waals surface area contributed by atoms with Gasteiger partial charge in [-0.2, -0.15) is 0 Å². The summed E-state index contributed by atoms with van der Waals surface area (Å²) in [6.07, 6.45) is 3.01. The Morgan fingerprint density at radius 1 is 0.829 bits per heavy atom. The van der Waals surface area contributed by atoms with E-state index in [-0.39, 0.29) is 11.6 Å². The molecule has 3 heterocycles. The number of hydrogen-bond donors (Lipinski definition) is 1. The van der Waals surface area contributed by atoms with Crippen LogP contribution in [0.5, 0.6) is 23.1 Å². The van der Waals surface area contributed by atoms with Crippen molar-refractivity contribution in [3.05, 3.63) is 94.5 Å². The molecule has 1 aromatic heterocycles. The molecule has 35 heavy (non-hydrogen) atoms. The van der Waals surface area contributed by atoms with Gasteiger partial charge in [0.2, 0.25) is 5.88 Å². The maximum absolute atomic E-state index is 13.3. The monoisotopic (exact) mass is 469 g/mol. The highest BCUT2D eigenvalue weighted by atomic mass is 16.5. The molecule has 0 aliphatic carbocycles. The van der Waals surface area contributed by atoms with Gasteiger partial charge in [0, 0.05) is 13.0 Å². The van der Waals surface area contributed by atoms with E-state index in [1.807, 2.05) is 48.5 Å². The number of aromatic nitrogens is 2. The van der Waals surface area contributed by atoms with Crippen molar-refractivity contribution >= 4 is 0 Å². The molecule has 0 radical (unpaired) electrons. The second-order valence-electron chi connectivity index (χ2n) is 9.00. The zero-order valence-electron chi connectivity index (χ0n) is 19.4. The number of fused-ring (bicyclic) bond motifs is 3. The first kappa shape index (κ1) is 21.6. The van der Waals surface area contributed by atoms with Crippen molar-refractivity contribution in [1.82, 2.24) is 14.0 Å². The maximum Gasteiger partial charge on any atom is 0.340 e. The van der Waals surface area contributed by atoms with Gasteiger partial charge in [-0.25, -0.2) is 9.36 Å². The number of hydrogen-bond acceptors (Lipinski definition) is 5. The molecule has 4 aromatic rings. The van der Waals surface area contributed by atoms with Gasteiger partial charge in [0.25, 0.3) is 0 Å². The average Bonchev–Trinajstić information content (AvgIpc) is 3.58. The third kappa shape index (κ3) is 4.08. The van der Waals surface area contributed by atoms with Crippen LogP contribution in [0.3, 0.4) is 0 Å². The second kappa shape index (κ2) is 9.00. The lowest BCUT2D eigenvalue weighted by molar-refractivity contribution is 0.237. The van der Waals surface area contributed by atoms with Crippen LogP contribution < -0.4 is 15.2 Å². The van der Waals surface area contributed by atoms with Crippen molar-refractivity contribution in [1.29, 1.82) is 0 Å². The Morgan fingerprint density at radius 3 is 2.31 bits per heavy atom. The van der Waals surface area contributed by atoms with E-state index < -0.39 is 0 Å². The van der Waals surface area contributed by atoms with Gasteiger partial charge in [0.05, 0.1) is 17.1 Å². The molecule has 0 atom stereocenters. The fraction of sp³-hybridized carbons (Fsp3) is 0.250. The molecule has 2 aliphatic heterocycles. The van der Waals surface area contributed by atoms with Crippen molar-refractivity contribution < 1.29 is 14.6 Å². The van der Waals surface area contributed by atoms with E-state index in [2.05, 4.69) is 4.90 Å². The number of rotatable bonds is 7. The minimum Gasteiger partial charge on any atom is -0.493 e. The molecule has 1 N–H and O–H groups in total. The van der Waals surface area contributed by atoms with Gasteiger partial charge in [-0.3, -0.25) is 9.47 Å². The molecule has 0 bridgehead atoms. The molecule has 178 valence electrons. The Labute approximate surface area is 203 Å². The van der Waals surface area contributed by atoms with Crippen LogP contribution in [0.15, 0.2) is 77.6 Å². The van der Waals surface area contributed by atoms with Gasteiger partial charge >= 0.3 is 5.69 Å². The topological polar surface area (TPSA) is 68.9 Å². The lowest BCUT2D eigenvalue weighted by atomic mass is 10.1. The first-order chi connectivity index (χ1) is 17.2. The zero-order valence-corrected chi connectivity index (χ0v) is 19.4. The predicted molar refractivity (Wildman–Crippen MR) is 134 cm³/mol. The van der Waals surface area contributed by atoms with E-state index >= 15 is 0 Å². The van der Waals surface area contributed by atoms with Crippen molar-refractivity contribution in [3.8, 4) is 34.5 Å². The number of benzene rings is 3. The molecule has 1 saturated heterocycles. The van der Waals surface area contributed by atoms with E-state index in [9.17, 15) is 9.90 Å². The molecule has 0 unspecified atom stereocenters. The summed E-state index contributed by atoms with van der Waals surface area (Å²) < 4.78 is 14.7. The Bertz CT molecular complexity index is 1400. The Kier molecular flexibility index (Phi) is 5.54. The Hall–Kier alpha value is -3.97. The number of aromatic hydroxyl groups is 1. The summed E-state index contributed by atoms with van der Waals surface area (Å²) in [7, 11) is 0. The number of ether oxygens (including phenoxy) is 2. The minimum absolute atomic E-state index is 0.0422. The van der Waals surface area contributed by atoms with Crippen LogP contribution in [0, 0.1) is 0 Å². The number of para-hydroxylation sites is 1. The van der Waals surface area contributed by atoms with Gasteiger partial charge in [-0.05, 0) is 86.1 Å². The van der Waals surface area contributed by atoms with Crippen molar-refractivity contribution in [2.45, 2.75) is 19.3 Å². The summed E-state index contributed by atoms with van der Waals surface area (Å²) in [6.45, 7) is 3.87. The molecule has 0 spiro atoms. The highest BCUT2D eigenvalue weighted by Gasteiger charge is 2.29. The number of imidazole rings is 1. The summed E-state index contributed by atoms with van der Waals surface area (Å²) in [5, 5.41) is 11.0. The SMILES string of the molecule is O=c1n(-c2ccc(Oc3ccccc3)cc2)c(O)c2n1-c1ccc(OCCN3CCCC3)cc1C2. The van der Waals surface area contributed by atoms with Crippen LogP contribution in [0.25, 0.3) is 11.4 Å². The summed E-state index contributed by atoms with van der Waals surface area (Å²) in [5.74, 6) is 2.14. The van der Waals surface area contributed by atoms with Gasteiger partial charge in [0.15, 0.2) is 0 Å². The molecule has 2 aliphatic rings. The largest absolute Gasteiger partial charge is 0.493 e. The molecule has 7 heteroatoms. The third-order valence-electron chi connectivity index (χ3n) is 6.72. The van der Waals surface area contributed by atoms with Gasteiger partial charge in [-0.15, -0.1) is 0 Å². The highest BCUT2D eigenvalue weighted by Crippen LogP contribution is 2.35. The molecule has 3 aromatic carbocycles. The number of nitrogens with zero attached hydrogens (tertiary/aromatic N) is 3. The summed E-state index contributed by atoms with van der Waals surface area (Å²) in [6, 6.07) is 22.4. The molecule has 0 amide bonds. The number of likely N-dealkylation sites (tertiary alicyclic amines) is 1. The standard InChI is InChI=1S/C28H27N3O4/c32-27-26-19-20-18-24(34-17-16-29-14-4-5-15-29)12-13-25(20)31(26)28(33)30(27)21-8-10-23(11-9-21)35-22-6-2-1-3-7-22/h1-3,6-13,18,32H,4-5,14-17,19H2. The molecule has 1 fully saturated rings. The van der Waals surface area contributed by atoms with E-state index in [1.54, 1.807) is 28.8 Å². The third-order valence-corrected chi connectivity index (χ3v) is 6.72.